The van der Waals surface area contributed by atoms with E-state index in [1.807, 2.05) is 6.92 Å². The Morgan fingerprint density at radius 3 is 2.67 bits per heavy atom. The van der Waals surface area contributed by atoms with Gasteiger partial charge in [0.15, 0.2) is 0 Å². The van der Waals surface area contributed by atoms with Crippen molar-refractivity contribution in [1.82, 2.24) is 5.32 Å². The maximum atomic E-state index is 5.51. The predicted octanol–water partition coefficient (Wildman–Crippen LogP) is 2.89. The highest BCUT2D eigenvalue weighted by Gasteiger charge is 2.11. The summed E-state index contributed by atoms with van der Waals surface area (Å²) in [5, 5.41) is 3.56. The highest BCUT2D eigenvalue weighted by atomic mass is 16.5. The minimum Gasteiger partial charge on any atom is -0.380 e. The van der Waals surface area contributed by atoms with E-state index in [2.05, 4.69) is 11.9 Å². The Kier molecular flexibility index (Phi) is 6.69. The van der Waals surface area contributed by atoms with Crippen molar-refractivity contribution >= 4 is 0 Å². The second-order valence-electron chi connectivity index (χ2n) is 4.61. The maximum Gasteiger partial charge on any atom is 0.0591 e. The molecule has 15 heavy (non-hydrogen) atoms. The monoisotopic (exact) mass is 211 g/mol. The predicted molar refractivity (Wildman–Crippen MR) is 65.1 cm³/mol. The van der Waals surface area contributed by atoms with Crippen molar-refractivity contribution in [2.24, 2.45) is 0 Å². The van der Waals surface area contributed by atoms with E-state index in [4.69, 9.17) is 4.74 Å². The van der Waals surface area contributed by atoms with Crippen LogP contribution >= 0.6 is 0 Å². The Bertz CT molecular complexity index is 173. The second-order valence-corrected chi connectivity index (χ2v) is 4.61. The molecule has 0 amide bonds. The van der Waals surface area contributed by atoms with Crippen molar-refractivity contribution in [1.29, 1.82) is 0 Å². The Hall–Kier alpha value is -0.340. The number of nitrogens with one attached hydrogen (secondary N) is 1. The molecule has 0 bridgehead atoms. The van der Waals surface area contributed by atoms with Crippen LogP contribution in [0, 0.1) is 0 Å². The van der Waals surface area contributed by atoms with E-state index in [0.717, 1.165) is 32.2 Å². The topological polar surface area (TPSA) is 21.3 Å². The molecule has 2 heteroatoms. The van der Waals surface area contributed by atoms with Crippen molar-refractivity contribution in [3.05, 3.63) is 12.2 Å². The van der Waals surface area contributed by atoms with Gasteiger partial charge in [0.25, 0.3) is 0 Å². The van der Waals surface area contributed by atoms with Crippen LogP contribution in [0.3, 0.4) is 0 Å². The van der Waals surface area contributed by atoms with E-state index in [1.54, 1.807) is 0 Å². The fourth-order valence-electron chi connectivity index (χ4n) is 1.99. The molecule has 1 fully saturated rings. The van der Waals surface area contributed by atoms with Crippen LogP contribution in [0.1, 0.15) is 45.4 Å². The molecular formula is C13H25NO. The van der Waals surface area contributed by atoms with Gasteiger partial charge in [-0.1, -0.05) is 24.8 Å². The third-order valence-electron chi connectivity index (χ3n) is 2.96. The zero-order chi connectivity index (χ0) is 10.9. The molecule has 0 spiro atoms. The van der Waals surface area contributed by atoms with Crippen LogP contribution in [0.15, 0.2) is 12.2 Å². The second kappa shape index (κ2) is 7.89. The summed E-state index contributed by atoms with van der Waals surface area (Å²) in [6.45, 7) is 8.56. The van der Waals surface area contributed by atoms with E-state index in [-0.39, 0.29) is 0 Å². The van der Waals surface area contributed by atoms with Crippen molar-refractivity contribution in [3.63, 3.8) is 0 Å². The van der Waals surface area contributed by atoms with Gasteiger partial charge in [0.2, 0.25) is 0 Å². The highest BCUT2D eigenvalue weighted by Crippen LogP contribution is 2.16. The zero-order valence-electron chi connectivity index (χ0n) is 10.1. The average molecular weight is 211 g/mol. The SMILES string of the molecule is C=C(C)CCOCCNC1CCCCC1. The van der Waals surface area contributed by atoms with Crippen molar-refractivity contribution in [3.8, 4) is 0 Å². The summed E-state index contributed by atoms with van der Waals surface area (Å²) in [6, 6.07) is 0.753. The zero-order valence-corrected chi connectivity index (χ0v) is 10.1. The van der Waals surface area contributed by atoms with Crippen LogP contribution in [0.5, 0.6) is 0 Å². The lowest BCUT2D eigenvalue weighted by Crippen LogP contribution is -2.33. The molecule has 0 atom stereocenters. The van der Waals surface area contributed by atoms with Crippen LogP contribution in [0.25, 0.3) is 0 Å². The van der Waals surface area contributed by atoms with Gasteiger partial charge in [-0.2, -0.15) is 0 Å². The van der Waals surface area contributed by atoms with Gasteiger partial charge in [-0.15, -0.1) is 6.58 Å². The lowest BCUT2D eigenvalue weighted by atomic mass is 9.96. The third kappa shape index (κ3) is 6.69. The first kappa shape index (κ1) is 12.7. The molecule has 1 rings (SSSR count). The molecule has 1 aliphatic carbocycles. The van der Waals surface area contributed by atoms with Gasteiger partial charge >= 0.3 is 0 Å². The number of rotatable bonds is 7. The van der Waals surface area contributed by atoms with Crippen molar-refractivity contribution in [2.75, 3.05) is 19.8 Å². The van der Waals surface area contributed by atoms with Gasteiger partial charge < -0.3 is 10.1 Å². The molecule has 88 valence electrons. The molecule has 0 unspecified atom stereocenters. The number of hydrogen-bond donors (Lipinski definition) is 1. The van der Waals surface area contributed by atoms with Gasteiger partial charge in [-0.3, -0.25) is 0 Å². The quantitative estimate of drug-likeness (QED) is 0.516. The van der Waals surface area contributed by atoms with Crippen LogP contribution in [0.2, 0.25) is 0 Å². The molecule has 0 heterocycles. The van der Waals surface area contributed by atoms with Gasteiger partial charge in [0, 0.05) is 12.6 Å². The first-order valence-corrected chi connectivity index (χ1v) is 6.24. The molecule has 1 N–H and O–H groups in total. The van der Waals surface area contributed by atoms with Gasteiger partial charge in [-0.05, 0) is 26.2 Å². The Morgan fingerprint density at radius 2 is 2.00 bits per heavy atom. The first-order chi connectivity index (χ1) is 7.29. The summed E-state index contributed by atoms with van der Waals surface area (Å²) < 4.78 is 5.51. The van der Waals surface area contributed by atoms with Crippen LogP contribution in [0.4, 0.5) is 0 Å². The molecule has 2 nitrogen and oxygen atoms in total. The Labute approximate surface area is 94.1 Å². The summed E-state index contributed by atoms with van der Waals surface area (Å²) in [5.74, 6) is 0. The fourth-order valence-corrected chi connectivity index (χ4v) is 1.99. The van der Waals surface area contributed by atoms with Crippen molar-refractivity contribution < 1.29 is 4.74 Å². The van der Waals surface area contributed by atoms with E-state index >= 15 is 0 Å². The summed E-state index contributed by atoms with van der Waals surface area (Å²) in [4.78, 5) is 0. The Morgan fingerprint density at radius 1 is 1.27 bits per heavy atom. The minimum atomic E-state index is 0.753. The van der Waals surface area contributed by atoms with Gasteiger partial charge in [-0.25, -0.2) is 0 Å². The summed E-state index contributed by atoms with van der Waals surface area (Å²) >= 11 is 0. The van der Waals surface area contributed by atoms with E-state index < -0.39 is 0 Å². The molecule has 1 saturated carbocycles. The van der Waals surface area contributed by atoms with Crippen LogP contribution < -0.4 is 5.32 Å². The first-order valence-electron chi connectivity index (χ1n) is 6.24. The van der Waals surface area contributed by atoms with Gasteiger partial charge in [0.1, 0.15) is 0 Å². The highest BCUT2D eigenvalue weighted by molar-refractivity contribution is 4.87. The standard InChI is InChI=1S/C13H25NO/c1-12(2)8-10-15-11-9-14-13-6-4-3-5-7-13/h13-14H,1,3-11H2,2H3. The lowest BCUT2D eigenvalue weighted by molar-refractivity contribution is 0.135. The summed E-state index contributed by atoms with van der Waals surface area (Å²) in [6.07, 6.45) is 7.91. The molecule has 0 aromatic carbocycles. The molecule has 0 aromatic heterocycles. The molecular weight excluding hydrogens is 186 g/mol. The lowest BCUT2D eigenvalue weighted by Gasteiger charge is -2.22. The van der Waals surface area contributed by atoms with Crippen LogP contribution in [-0.2, 0) is 4.74 Å². The summed E-state index contributed by atoms with van der Waals surface area (Å²) in [5.41, 5.74) is 1.20. The smallest absolute Gasteiger partial charge is 0.0591 e. The average Bonchev–Trinajstić information content (AvgIpc) is 2.24. The van der Waals surface area contributed by atoms with Crippen molar-refractivity contribution in [2.45, 2.75) is 51.5 Å². The van der Waals surface area contributed by atoms with E-state index in [0.29, 0.717) is 0 Å². The Balaban J connectivity index is 1.85. The number of ether oxygens (including phenoxy) is 1. The van der Waals surface area contributed by atoms with Crippen LogP contribution in [-0.4, -0.2) is 25.8 Å². The normalized spacial score (nSPS) is 17.9. The van der Waals surface area contributed by atoms with E-state index in [1.165, 1.54) is 37.7 Å². The minimum absolute atomic E-state index is 0.753. The molecule has 0 aromatic rings. The third-order valence-corrected chi connectivity index (χ3v) is 2.96. The molecule has 1 aliphatic rings. The molecule has 0 radical (unpaired) electrons. The molecule has 0 aliphatic heterocycles. The summed E-state index contributed by atoms with van der Waals surface area (Å²) in [7, 11) is 0. The van der Waals surface area contributed by atoms with Gasteiger partial charge in [0.05, 0.1) is 13.2 Å². The van der Waals surface area contributed by atoms with E-state index in [9.17, 15) is 0 Å². The maximum absolute atomic E-state index is 5.51. The largest absolute Gasteiger partial charge is 0.380 e. The fraction of sp³-hybridized carbons (Fsp3) is 0.846. The molecule has 0 saturated heterocycles. The number of hydrogen-bond acceptors (Lipinski definition) is 2.